The average molecular weight is 250 g/mol. The summed E-state index contributed by atoms with van der Waals surface area (Å²) in [6, 6.07) is 6.07. The molecule has 3 N–H and O–H groups in total. The topological polar surface area (TPSA) is 56.5 Å². The number of hydrogen-bond donors (Lipinski definition) is 2. The molecule has 100 valence electrons. The third kappa shape index (κ3) is 2.60. The summed E-state index contributed by atoms with van der Waals surface area (Å²) < 4.78 is 10.7. The summed E-state index contributed by atoms with van der Waals surface area (Å²) in [5, 5.41) is 0. The molecule has 0 aliphatic heterocycles. The highest BCUT2D eigenvalue weighted by Crippen LogP contribution is 2.39. The normalized spacial score (nSPS) is 17.7. The lowest BCUT2D eigenvalue weighted by Gasteiger charge is -2.25. The lowest BCUT2D eigenvalue weighted by atomic mass is 9.91. The van der Waals surface area contributed by atoms with Crippen molar-refractivity contribution in [2.45, 2.75) is 31.7 Å². The van der Waals surface area contributed by atoms with Gasteiger partial charge in [-0.1, -0.05) is 18.9 Å². The Labute approximate surface area is 108 Å². The van der Waals surface area contributed by atoms with Gasteiger partial charge in [-0.3, -0.25) is 11.3 Å². The molecule has 1 atom stereocenters. The van der Waals surface area contributed by atoms with Gasteiger partial charge in [0.15, 0.2) is 0 Å². The molecule has 0 amide bonds. The predicted octanol–water partition coefficient (Wildman–Crippen LogP) is 2.40. The van der Waals surface area contributed by atoms with E-state index in [1.165, 1.54) is 25.7 Å². The molecule has 1 aromatic rings. The number of ether oxygens (including phenoxy) is 2. The van der Waals surface area contributed by atoms with Crippen LogP contribution in [0.1, 0.15) is 37.3 Å². The Hall–Kier alpha value is -1.26. The summed E-state index contributed by atoms with van der Waals surface area (Å²) in [4.78, 5) is 0. The minimum Gasteiger partial charge on any atom is -0.497 e. The second-order valence-electron chi connectivity index (χ2n) is 4.80. The molecule has 0 heterocycles. The summed E-state index contributed by atoms with van der Waals surface area (Å²) in [6.07, 6.45) is 5.04. The van der Waals surface area contributed by atoms with Crippen molar-refractivity contribution < 1.29 is 9.47 Å². The summed E-state index contributed by atoms with van der Waals surface area (Å²) in [7, 11) is 3.34. The second kappa shape index (κ2) is 6.07. The van der Waals surface area contributed by atoms with Crippen molar-refractivity contribution in [3.63, 3.8) is 0 Å². The lowest BCUT2D eigenvalue weighted by Crippen LogP contribution is -2.33. The van der Waals surface area contributed by atoms with Crippen LogP contribution in [0.2, 0.25) is 0 Å². The molecule has 1 fully saturated rings. The van der Waals surface area contributed by atoms with Crippen LogP contribution in [0.4, 0.5) is 0 Å². The van der Waals surface area contributed by atoms with Gasteiger partial charge in [-0.05, 0) is 24.8 Å². The van der Waals surface area contributed by atoms with Gasteiger partial charge in [0.1, 0.15) is 11.5 Å². The highest BCUT2D eigenvalue weighted by atomic mass is 16.5. The first kappa shape index (κ1) is 13.2. The van der Waals surface area contributed by atoms with E-state index >= 15 is 0 Å². The Bertz CT molecular complexity index is 389. The van der Waals surface area contributed by atoms with E-state index in [-0.39, 0.29) is 6.04 Å². The van der Waals surface area contributed by atoms with Gasteiger partial charge in [0.05, 0.1) is 20.3 Å². The van der Waals surface area contributed by atoms with Crippen LogP contribution in [0.15, 0.2) is 18.2 Å². The lowest BCUT2D eigenvalue weighted by molar-refractivity contribution is 0.345. The van der Waals surface area contributed by atoms with Gasteiger partial charge < -0.3 is 9.47 Å². The zero-order valence-corrected chi connectivity index (χ0v) is 11.1. The van der Waals surface area contributed by atoms with Crippen LogP contribution in [-0.4, -0.2) is 14.2 Å². The van der Waals surface area contributed by atoms with Gasteiger partial charge in [-0.15, -0.1) is 0 Å². The Morgan fingerprint density at radius 3 is 2.50 bits per heavy atom. The molecule has 0 aromatic heterocycles. The van der Waals surface area contributed by atoms with Gasteiger partial charge >= 0.3 is 0 Å². The summed E-state index contributed by atoms with van der Waals surface area (Å²) in [5.41, 5.74) is 4.07. The first-order chi connectivity index (χ1) is 8.80. The third-order valence-electron chi connectivity index (χ3n) is 3.83. The minimum absolute atomic E-state index is 0.161. The molecule has 2 rings (SSSR count). The van der Waals surface area contributed by atoms with E-state index in [4.69, 9.17) is 15.3 Å². The van der Waals surface area contributed by atoms with E-state index in [1.54, 1.807) is 14.2 Å². The van der Waals surface area contributed by atoms with Crippen molar-refractivity contribution in [3.05, 3.63) is 23.8 Å². The maximum Gasteiger partial charge on any atom is 0.127 e. The van der Waals surface area contributed by atoms with Crippen molar-refractivity contribution in [2.24, 2.45) is 11.8 Å². The van der Waals surface area contributed by atoms with Crippen LogP contribution in [0.25, 0.3) is 0 Å². The van der Waals surface area contributed by atoms with Crippen LogP contribution < -0.4 is 20.7 Å². The van der Waals surface area contributed by atoms with Gasteiger partial charge in [-0.25, -0.2) is 0 Å². The van der Waals surface area contributed by atoms with E-state index in [2.05, 4.69) is 5.43 Å². The van der Waals surface area contributed by atoms with Crippen LogP contribution in [-0.2, 0) is 0 Å². The molecule has 4 heteroatoms. The highest BCUT2D eigenvalue weighted by Gasteiger charge is 2.27. The molecule has 18 heavy (non-hydrogen) atoms. The zero-order chi connectivity index (χ0) is 13.0. The molecule has 0 saturated heterocycles. The van der Waals surface area contributed by atoms with E-state index in [1.807, 2.05) is 18.2 Å². The van der Waals surface area contributed by atoms with Crippen LogP contribution in [0, 0.1) is 5.92 Å². The molecule has 4 nitrogen and oxygen atoms in total. The van der Waals surface area contributed by atoms with E-state index in [9.17, 15) is 0 Å². The molecule has 1 aliphatic rings. The Balaban J connectivity index is 2.28. The number of hydrazine groups is 1. The maximum atomic E-state index is 5.74. The van der Waals surface area contributed by atoms with Gasteiger partial charge in [0.25, 0.3) is 0 Å². The number of nitrogens with one attached hydrogen (secondary N) is 1. The van der Waals surface area contributed by atoms with Crippen LogP contribution >= 0.6 is 0 Å². The van der Waals surface area contributed by atoms with Crippen molar-refractivity contribution >= 4 is 0 Å². The molecule has 1 unspecified atom stereocenters. The van der Waals surface area contributed by atoms with Crippen molar-refractivity contribution in [3.8, 4) is 11.5 Å². The zero-order valence-electron chi connectivity index (χ0n) is 11.1. The first-order valence-electron chi connectivity index (χ1n) is 6.48. The van der Waals surface area contributed by atoms with Gasteiger partial charge in [0.2, 0.25) is 0 Å². The molecule has 1 aromatic carbocycles. The molecular weight excluding hydrogens is 228 g/mol. The van der Waals surface area contributed by atoms with Crippen LogP contribution in [0.5, 0.6) is 11.5 Å². The Morgan fingerprint density at radius 2 is 1.94 bits per heavy atom. The molecule has 1 aliphatic carbocycles. The number of nitrogens with two attached hydrogens (primary N) is 1. The molecule has 0 radical (unpaired) electrons. The second-order valence-corrected chi connectivity index (χ2v) is 4.80. The Morgan fingerprint density at radius 1 is 1.22 bits per heavy atom. The SMILES string of the molecule is COc1ccc(C(NN)C2CCCC2)c(OC)c1. The van der Waals surface area contributed by atoms with Gasteiger partial charge in [-0.2, -0.15) is 0 Å². The number of rotatable bonds is 5. The predicted molar refractivity (Wildman–Crippen MR) is 71.6 cm³/mol. The third-order valence-corrected chi connectivity index (χ3v) is 3.83. The summed E-state index contributed by atoms with van der Waals surface area (Å²) in [6.45, 7) is 0. The number of hydrogen-bond acceptors (Lipinski definition) is 4. The van der Waals surface area contributed by atoms with Crippen molar-refractivity contribution in [2.75, 3.05) is 14.2 Å². The van der Waals surface area contributed by atoms with Gasteiger partial charge in [0, 0.05) is 11.6 Å². The fourth-order valence-electron chi connectivity index (χ4n) is 2.85. The standard InChI is InChI=1S/C14H22N2O2/c1-17-11-7-8-12(13(9-11)18-2)14(16-15)10-5-3-4-6-10/h7-10,14,16H,3-6,15H2,1-2H3. The van der Waals surface area contributed by atoms with E-state index in [0.717, 1.165) is 17.1 Å². The van der Waals surface area contributed by atoms with Crippen molar-refractivity contribution in [1.29, 1.82) is 0 Å². The van der Waals surface area contributed by atoms with Crippen LogP contribution in [0.3, 0.4) is 0 Å². The largest absolute Gasteiger partial charge is 0.497 e. The number of methoxy groups -OCH3 is 2. The summed E-state index contributed by atoms with van der Waals surface area (Å²) >= 11 is 0. The first-order valence-corrected chi connectivity index (χ1v) is 6.48. The quantitative estimate of drug-likeness (QED) is 0.622. The summed E-state index contributed by atoms with van der Waals surface area (Å²) in [5.74, 6) is 7.98. The fraction of sp³-hybridized carbons (Fsp3) is 0.571. The van der Waals surface area contributed by atoms with Crippen molar-refractivity contribution in [1.82, 2.24) is 5.43 Å². The number of benzene rings is 1. The van der Waals surface area contributed by atoms with E-state index < -0.39 is 0 Å². The minimum atomic E-state index is 0.161. The Kier molecular flexibility index (Phi) is 4.44. The maximum absolute atomic E-state index is 5.74. The fourth-order valence-corrected chi connectivity index (χ4v) is 2.85. The molecular formula is C14H22N2O2. The molecule has 0 bridgehead atoms. The molecule has 0 spiro atoms. The monoisotopic (exact) mass is 250 g/mol. The smallest absolute Gasteiger partial charge is 0.127 e. The highest BCUT2D eigenvalue weighted by molar-refractivity contribution is 5.42. The van der Waals surface area contributed by atoms with E-state index in [0.29, 0.717) is 5.92 Å². The molecule has 1 saturated carbocycles. The average Bonchev–Trinajstić information content (AvgIpc) is 2.94.